The number of aliphatic hydroxyl groups excluding tert-OH is 2. The Morgan fingerprint density at radius 2 is 0.651 bits per heavy atom. The van der Waals surface area contributed by atoms with Crippen molar-refractivity contribution >= 4 is 11.9 Å². The third-order valence-corrected chi connectivity index (χ3v) is 13.7. The molecule has 0 aliphatic heterocycles. The molecule has 0 rings (SSSR count). The van der Waals surface area contributed by atoms with Gasteiger partial charge in [-0.1, -0.05) is 290 Å². The first-order valence-electron chi connectivity index (χ1n) is 28.8. The Kier molecular flexibility index (Phi) is 52.5. The van der Waals surface area contributed by atoms with Crippen molar-refractivity contribution in [3.63, 3.8) is 0 Å². The summed E-state index contributed by atoms with van der Waals surface area (Å²) >= 11 is 0. The number of carbonyl (C=O) groups is 2. The van der Waals surface area contributed by atoms with Gasteiger partial charge < -0.3 is 20.3 Å². The van der Waals surface area contributed by atoms with Gasteiger partial charge in [-0.2, -0.15) is 0 Å². The largest absolute Gasteiger partial charge is 0.466 e. The molecular formula is C57H113NO5. The highest BCUT2D eigenvalue weighted by Gasteiger charge is 2.20. The highest BCUT2D eigenvalue weighted by Crippen LogP contribution is 2.18. The first kappa shape index (κ1) is 61.9. The maximum Gasteiger partial charge on any atom is 0.305 e. The van der Waals surface area contributed by atoms with E-state index in [1.54, 1.807) is 0 Å². The number of hydrogen-bond donors (Lipinski definition) is 3. The van der Waals surface area contributed by atoms with Gasteiger partial charge in [0.1, 0.15) is 0 Å². The van der Waals surface area contributed by atoms with E-state index >= 15 is 0 Å². The smallest absolute Gasteiger partial charge is 0.305 e. The van der Waals surface area contributed by atoms with Gasteiger partial charge in [-0.3, -0.25) is 9.59 Å². The number of rotatable bonds is 54. The van der Waals surface area contributed by atoms with E-state index in [0.29, 0.717) is 25.9 Å². The van der Waals surface area contributed by atoms with Gasteiger partial charge in [-0.05, 0) is 25.7 Å². The molecule has 1 amide bonds. The van der Waals surface area contributed by atoms with Crippen molar-refractivity contribution in [2.24, 2.45) is 0 Å². The molecule has 0 aromatic heterocycles. The average Bonchev–Trinajstić information content (AvgIpc) is 3.28. The van der Waals surface area contributed by atoms with Crippen LogP contribution in [0.5, 0.6) is 0 Å². The second-order valence-corrected chi connectivity index (χ2v) is 20.0. The van der Waals surface area contributed by atoms with Gasteiger partial charge >= 0.3 is 5.97 Å². The van der Waals surface area contributed by atoms with Crippen LogP contribution < -0.4 is 5.32 Å². The fourth-order valence-electron chi connectivity index (χ4n) is 9.23. The van der Waals surface area contributed by atoms with E-state index in [-0.39, 0.29) is 18.5 Å². The number of nitrogens with one attached hydrogen (secondary N) is 1. The number of ether oxygens (including phenoxy) is 1. The molecular weight excluding hydrogens is 779 g/mol. The molecule has 2 unspecified atom stereocenters. The average molecular weight is 893 g/mol. The Bertz CT molecular complexity index is 898. The molecule has 6 heteroatoms. The quantitative estimate of drug-likeness (QED) is 0.0418. The maximum absolute atomic E-state index is 12.5. The van der Waals surface area contributed by atoms with Crippen LogP contribution in [0.1, 0.15) is 328 Å². The van der Waals surface area contributed by atoms with Gasteiger partial charge in [0.25, 0.3) is 0 Å². The van der Waals surface area contributed by atoms with E-state index in [0.717, 1.165) is 51.4 Å². The van der Waals surface area contributed by atoms with E-state index in [9.17, 15) is 19.8 Å². The summed E-state index contributed by atoms with van der Waals surface area (Å²) in [6.07, 6.45) is 60.8. The van der Waals surface area contributed by atoms with E-state index in [1.807, 2.05) is 0 Å². The molecule has 0 saturated heterocycles. The third kappa shape index (κ3) is 50.1. The van der Waals surface area contributed by atoms with Crippen molar-refractivity contribution in [3.05, 3.63) is 0 Å². The molecule has 0 heterocycles. The molecule has 0 aromatic rings. The Morgan fingerprint density at radius 3 is 0.968 bits per heavy atom. The number of aliphatic hydroxyl groups is 2. The van der Waals surface area contributed by atoms with Crippen LogP contribution in [0, 0.1) is 0 Å². The van der Waals surface area contributed by atoms with Gasteiger partial charge in [-0.15, -0.1) is 0 Å². The number of hydrogen-bond acceptors (Lipinski definition) is 5. The van der Waals surface area contributed by atoms with E-state index < -0.39 is 12.1 Å². The Labute approximate surface area is 394 Å². The van der Waals surface area contributed by atoms with E-state index in [2.05, 4.69) is 19.2 Å². The lowest BCUT2D eigenvalue weighted by atomic mass is 10.0. The van der Waals surface area contributed by atoms with Crippen LogP contribution in [0.15, 0.2) is 0 Å². The Morgan fingerprint density at radius 1 is 0.381 bits per heavy atom. The zero-order chi connectivity index (χ0) is 45.8. The van der Waals surface area contributed by atoms with Gasteiger partial charge in [-0.25, -0.2) is 0 Å². The monoisotopic (exact) mass is 892 g/mol. The summed E-state index contributed by atoms with van der Waals surface area (Å²) in [5.74, 6) is -0.0401. The summed E-state index contributed by atoms with van der Waals surface area (Å²) in [5.41, 5.74) is 0. The minimum atomic E-state index is -0.670. The molecule has 0 bridgehead atoms. The molecule has 0 fully saturated rings. The molecule has 0 spiro atoms. The number of esters is 1. The molecule has 6 nitrogen and oxygen atoms in total. The number of carbonyl (C=O) groups excluding carboxylic acids is 2. The molecule has 0 saturated carbocycles. The summed E-state index contributed by atoms with van der Waals surface area (Å²) in [6.45, 7) is 4.96. The SMILES string of the molecule is CCCCCCCCCCCCCCCCCCCC(O)C(CO)NC(=O)CCCCCCCCCCCCCCCCOC(=O)CCCCCCCCCCCCCCCCC. The van der Waals surface area contributed by atoms with Crippen LogP contribution in [0.2, 0.25) is 0 Å². The van der Waals surface area contributed by atoms with Crippen molar-refractivity contribution in [1.29, 1.82) is 0 Å². The summed E-state index contributed by atoms with van der Waals surface area (Å²) in [4.78, 5) is 24.5. The molecule has 0 radical (unpaired) electrons. The molecule has 0 aromatic carbocycles. The standard InChI is InChI=1S/C57H113NO5/c1-3-5-7-9-11-13-15-17-19-20-22-25-29-33-37-41-45-49-55(60)54(53-59)58-56(61)50-46-42-38-34-30-26-23-24-28-32-36-40-44-48-52-63-57(62)51-47-43-39-35-31-27-21-18-16-14-12-10-8-6-4-2/h54-55,59-60H,3-53H2,1-2H3,(H,58,61). The van der Waals surface area contributed by atoms with Gasteiger partial charge in [0, 0.05) is 12.8 Å². The maximum atomic E-state index is 12.5. The van der Waals surface area contributed by atoms with E-state index in [4.69, 9.17) is 4.74 Å². The predicted octanol–water partition coefficient (Wildman–Crippen LogP) is 17.5. The van der Waals surface area contributed by atoms with Crippen molar-refractivity contribution in [1.82, 2.24) is 5.32 Å². The summed E-state index contributed by atoms with van der Waals surface area (Å²) in [7, 11) is 0. The zero-order valence-electron chi connectivity index (χ0n) is 42.8. The van der Waals surface area contributed by atoms with Crippen LogP contribution in [-0.4, -0.2) is 47.4 Å². The van der Waals surface area contributed by atoms with Gasteiger partial charge in [0.15, 0.2) is 0 Å². The summed E-state index contributed by atoms with van der Waals surface area (Å²) in [5, 5.41) is 23.3. The summed E-state index contributed by atoms with van der Waals surface area (Å²) in [6, 6.07) is -0.548. The Hall–Kier alpha value is -1.14. The first-order valence-corrected chi connectivity index (χ1v) is 28.8. The van der Waals surface area contributed by atoms with Gasteiger partial charge in [0.05, 0.1) is 25.4 Å². The highest BCUT2D eigenvalue weighted by molar-refractivity contribution is 5.76. The van der Waals surface area contributed by atoms with E-state index in [1.165, 1.54) is 244 Å². The van der Waals surface area contributed by atoms with Crippen molar-refractivity contribution < 1.29 is 24.5 Å². The molecule has 2 atom stereocenters. The minimum absolute atomic E-state index is 0.00184. The predicted molar refractivity (Wildman–Crippen MR) is 274 cm³/mol. The van der Waals surface area contributed by atoms with Crippen LogP contribution in [0.3, 0.4) is 0 Å². The second kappa shape index (κ2) is 53.5. The van der Waals surface area contributed by atoms with Crippen LogP contribution in [0.4, 0.5) is 0 Å². The molecule has 63 heavy (non-hydrogen) atoms. The fourth-order valence-corrected chi connectivity index (χ4v) is 9.23. The van der Waals surface area contributed by atoms with Crippen LogP contribution in [0.25, 0.3) is 0 Å². The molecule has 0 aliphatic carbocycles. The molecule has 0 aliphatic rings. The van der Waals surface area contributed by atoms with Crippen LogP contribution in [-0.2, 0) is 14.3 Å². The lowest BCUT2D eigenvalue weighted by Crippen LogP contribution is -2.45. The zero-order valence-corrected chi connectivity index (χ0v) is 42.8. The topological polar surface area (TPSA) is 95.9 Å². The Balaban J connectivity index is 3.42. The molecule has 3 N–H and O–H groups in total. The lowest BCUT2D eigenvalue weighted by molar-refractivity contribution is -0.143. The number of unbranched alkanes of at least 4 members (excludes halogenated alkanes) is 43. The minimum Gasteiger partial charge on any atom is -0.466 e. The lowest BCUT2D eigenvalue weighted by Gasteiger charge is -2.22. The fraction of sp³-hybridized carbons (Fsp3) is 0.965. The summed E-state index contributed by atoms with van der Waals surface area (Å²) < 4.78 is 5.48. The molecule has 376 valence electrons. The highest BCUT2D eigenvalue weighted by atomic mass is 16.5. The number of amides is 1. The first-order chi connectivity index (χ1) is 31.0. The normalized spacial score (nSPS) is 12.5. The second-order valence-electron chi connectivity index (χ2n) is 20.0. The van der Waals surface area contributed by atoms with Crippen molar-refractivity contribution in [3.8, 4) is 0 Å². The van der Waals surface area contributed by atoms with Crippen molar-refractivity contribution in [2.75, 3.05) is 13.2 Å². The van der Waals surface area contributed by atoms with Gasteiger partial charge in [0.2, 0.25) is 5.91 Å². The van der Waals surface area contributed by atoms with Crippen LogP contribution >= 0.6 is 0 Å². The van der Waals surface area contributed by atoms with Crippen molar-refractivity contribution in [2.45, 2.75) is 341 Å². The third-order valence-electron chi connectivity index (χ3n) is 13.7.